The quantitative estimate of drug-likeness (QED) is 0.489. The van der Waals surface area contributed by atoms with Crippen LogP contribution in [0.1, 0.15) is 18.4 Å². The van der Waals surface area contributed by atoms with E-state index in [9.17, 15) is 31.5 Å². The van der Waals surface area contributed by atoms with Gasteiger partial charge in [-0.05, 0) is 24.8 Å². The van der Waals surface area contributed by atoms with Gasteiger partial charge in [-0.3, -0.25) is 9.87 Å². The zero-order chi connectivity index (χ0) is 20.3. The highest BCUT2D eigenvalue weighted by Crippen LogP contribution is 2.51. The molecule has 1 aliphatic heterocycles. The summed E-state index contributed by atoms with van der Waals surface area (Å²) in [5.74, 6) is 2.90. The van der Waals surface area contributed by atoms with Crippen LogP contribution in [0.25, 0.3) is 0 Å². The van der Waals surface area contributed by atoms with Gasteiger partial charge in [0.05, 0.1) is 5.69 Å². The minimum atomic E-state index is -5.29. The SMILES string of the molecule is O=C1Nc2c(OS(=O)(=O)O)cc(Cl)cc2[C@@](C#CC2(O)CC2)(C(F)(F)F)O1. The van der Waals surface area contributed by atoms with E-state index in [1.807, 2.05) is 11.2 Å². The maximum atomic E-state index is 13.9. The van der Waals surface area contributed by atoms with Gasteiger partial charge >= 0.3 is 22.7 Å². The molecule has 0 radical (unpaired) electrons. The molecule has 13 heteroatoms. The summed E-state index contributed by atoms with van der Waals surface area (Å²) in [5.41, 5.74) is -6.83. The number of cyclic esters (lactones) is 1. The number of fused-ring (bicyclic) bond motifs is 1. The Labute approximate surface area is 155 Å². The molecule has 0 unspecified atom stereocenters. The van der Waals surface area contributed by atoms with Crippen molar-refractivity contribution >= 4 is 33.8 Å². The molecule has 1 fully saturated rings. The molecule has 1 aromatic rings. The lowest BCUT2D eigenvalue weighted by Gasteiger charge is -2.36. The molecule has 0 saturated heterocycles. The first-order chi connectivity index (χ1) is 12.2. The minimum absolute atomic E-state index is 0.139. The predicted octanol–water partition coefficient (Wildman–Crippen LogP) is 2.37. The third-order valence-corrected chi connectivity index (χ3v) is 4.32. The molecule has 3 rings (SSSR count). The molecule has 0 bridgehead atoms. The molecule has 146 valence electrons. The number of amides is 1. The summed E-state index contributed by atoms with van der Waals surface area (Å²) in [6, 6.07) is 1.51. The molecule has 1 aliphatic carbocycles. The fourth-order valence-corrected chi connectivity index (χ4v) is 2.88. The van der Waals surface area contributed by atoms with Gasteiger partial charge in [0.1, 0.15) is 5.60 Å². The van der Waals surface area contributed by atoms with Crippen LogP contribution in [0.5, 0.6) is 5.75 Å². The lowest BCUT2D eigenvalue weighted by atomic mass is 9.89. The first-order valence-electron chi connectivity index (χ1n) is 7.09. The van der Waals surface area contributed by atoms with Gasteiger partial charge in [0.25, 0.3) is 5.60 Å². The summed E-state index contributed by atoms with van der Waals surface area (Å²) < 4.78 is 81.1. The van der Waals surface area contributed by atoms with E-state index in [2.05, 4.69) is 8.92 Å². The lowest BCUT2D eigenvalue weighted by molar-refractivity contribution is -0.239. The van der Waals surface area contributed by atoms with Gasteiger partial charge in [-0.2, -0.15) is 21.6 Å². The summed E-state index contributed by atoms with van der Waals surface area (Å²) in [4.78, 5) is 11.8. The first kappa shape index (κ1) is 19.6. The number of rotatable bonds is 2. The molecular weight excluding hydrogens is 419 g/mol. The van der Waals surface area contributed by atoms with Crippen LogP contribution in [0.15, 0.2) is 12.1 Å². The summed E-state index contributed by atoms with van der Waals surface area (Å²) in [5, 5.41) is 11.2. The smallest absolute Gasteiger partial charge is 0.415 e. The van der Waals surface area contributed by atoms with Crippen molar-refractivity contribution in [3.63, 3.8) is 0 Å². The van der Waals surface area contributed by atoms with Gasteiger partial charge in [-0.1, -0.05) is 17.5 Å². The van der Waals surface area contributed by atoms with Gasteiger partial charge in [0.2, 0.25) is 0 Å². The van der Waals surface area contributed by atoms with Crippen molar-refractivity contribution in [1.82, 2.24) is 0 Å². The van der Waals surface area contributed by atoms with Crippen molar-refractivity contribution in [2.45, 2.75) is 30.2 Å². The zero-order valence-corrected chi connectivity index (χ0v) is 14.5. The molecule has 1 aromatic carbocycles. The van der Waals surface area contributed by atoms with Crippen LogP contribution in [0.3, 0.4) is 0 Å². The Morgan fingerprint density at radius 1 is 1.30 bits per heavy atom. The number of anilines is 1. The van der Waals surface area contributed by atoms with Crippen molar-refractivity contribution in [3.05, 3.63) is 22.7 Å². The fraction of sp³-hybridized carbons (Fsp3) is 0.357. The number of hydrogen-bond acceptors (Lipinski definition) is 6. The van der Waals surface area contributed by atoms with Crippen LogP contribution >= 0.6 is 11.6 Å². The molecule has 3 N–H and O–H groups in total. The Morgan fingerprint density at radius 2 is 1.93 bits per heavy atom. The van der Waals surface area contributed by atoms with Crippen molar-refractivity contribution < 1.29 is 45.0 Å². The Kier molecular flexibility index (Phi) is 4.27. The van der Waals surface area contributed by atoms with E-state index < -0.39 is 55.9 Å². The normalized spacial score (nSPS) is 23.3. The molecule has 1 heterocycles. The van der Waals surface area contributed by atoms with E-state index in [-0.39, 0.29) is 12.8 Å². The Bertz CT molecular complexity index is 994. The van der Waals surface area contributed by atoms with Crippen LogP contribution in [-0.2, 0) is 20.7 Å². The van der Waals surface area contributed by atoms with E-state index in [4.69, 9.17) is 16.2 Å². The number of alkyl halides is 3. The van der Waals surface area contributed by atoms with E-state index in [1.54, 1.807) is 5.92 Å². The number of carbonyl (C=O) groups excluding carboxylic acids is 1. The van der Waals surface area contributed by atoms with Crippen molar-refractivity contribution in [2.75, 3.05) is 5.32 Å². The molecule has 27 heavy (non-hydrogen) atoms. The highest BCUT2D eigenvalue weighted by Gasteiger charge is 2.63. The highest BCUT2D eigenvalue weighted by atomic mass is 35.5. The largest absolute Gasteiger partial charge is 0.446 e. The molecule has 1 saturated carbocycles. The summed E-state index contributed by atoms with van der Waals surface area (Å²) in [6.45, 7) is 0. The third kappa shape index (κ3) is 3.77. The van der Waals surface area contributed by atoms with Gasteiger partial charge in [-0.25, -0.2) is 4.79 Å². The topological polar surface area (TPSA) is 122 Å². The molecule has 1 amide bonds. The fourth-order valence-electron chi connectivity index (χ4n) is 2.31. The number of nitrogens with one attached hydrogen (secondary N) is 1. The van der Waals surface area contributed by atoms with Crippen molar-refractivity contribution in [3.8, 4) is 17.6 Å². The molecule has 8 nitrogen and oxygen atoms in total. The van der Waals surface area contributed by atoms with E-state index in [0.29, 0.717) is 0 Å². The second-order valence-electron chi connectivity index (χ2n) is 5.81. The van der Waals surface area contributed by atoms with Gasteiger partial charge in [0.15, 0.2) is 5.75 Å². The lowest BCUT2D eigenvalue weighted by Crippen LogP contribution is -2.49. The minimum Gasteiger partial charge on any atom is -0.415 e. The second kappa shape index (κ2) is 5.90. The first-order valence-corrected chi connectivity index (χ1v) is 8.83. The van der Waals surface area contributed by atoms with Crippen molar-refractivity contribution in [1.29, 1.82) is 0 Å². The number of ether oxygens (including phenoxy) is 1. The summed E-state index contributed by atoms with van der Waals surface area (Å²) in [7, 11) is -5.15. The summed E-state index contributed by atoms with van der Waals surface area (Å²) in [6.07, 6.45) is -6.63. The van der Waals surface area contributed by atoms with Crippen LogP contribution in [0.4, 0.5) is 23.7 Å². The molecule has 1 atom stereocenters. The number of carbonyl (C=O) groups is 1. The predicted molar refractivity (Wildman–Crippen MR) is 83.4 cm³/mol. The van der Waals surface area contributed by atoms with Gasteiger partial charge in [0, 0.05) is 16.7 Å². The Balaban J connectivity index is 2.29. The van der Waals surface area contributed by atoms with Crippen LogP contribution < -0.4 is 9.50 Å². The average molecular weight is 428 g/mol. The van der Waals surface area contributed by atoms with E-state index in [1.165, 1.54) is 0 Å². The third-order valence-electron chi connectivity index (χ3n) is 3.71. The second-order valence-corrected chi connectivity index (χ2v) is 7.27. The van der Waals surface area contributed by atoms with Crippen LogP contribution in [-0.4, -0.2) is 35.9 Å². The Hall–Kier alpha value is -2.20. The van der Waals surface area contributed by atoms with E-state index >= 15 is 0 Å². The monoisotopic (exact) mass is 427 g/mol. The number of aliphatic hydroxyl groups is 1. The zero-order valence-electron chi connectivity index (χ0n) is 12.9. The molecular formula is C14H9ClF3NO7S. The van der Waals surface area contributed by atoms with Gasteiger partial charge in [-0.15, -0.1) is 0 Å². The summed E-state index contributed by atoms with van der Waals surface area (Å²) >= 11 is 5.74. The Morgan fingerprint density at radius 3 is 2.44 bits per heavy atom. The highest BCUT2D eigenvalue weighted by molar-refractivity contribution is 7.81. The van der Waals surface area contributed by atoms with E-state index in [0.717, 1.165) is 12.1 Å². The molecule has 0 spiro atoms. The molecule has 2 aliphatic rings. The van der Waals surface area contributed by atoms with Crippen LogP contribution in [0, 0.1) is 11.8 Å². The van der Waals surface area contributed by atoms with Gasteiger partial charge < -0.3 is 14.0 Å². The average Bonchev–Trinajstić information content (AvgIpc) is 3.21. The standard InChI is InChI=1S/C14H9ClF3NO7S/c15-7-5-8-10(9(6-7)26-27(22,23)24)19-11(20)25-13(8,14(16,17)18)4-3-12(21)1-2-12/h5-6,21H,1-2H2,(H,19,20)(H,22,23,24)/t13-/m0/s1. The maximum absolute atomic E-state index is 13.9. The maximum Gasteiger partial charge on any atom is 0.446 e. The molecule has 0 aromatic heterocycles. The van der Waals surface area contributed by atoms with Crippen molar-refractivity contribution in [2.24, 2.45) is 0 Å². The van der Waals surface area contributed by atoms with Crippen LogP contribution in [0.2, 0.25) is 5.02 Å². The number of benzene rings is 1. The number of halogens is 4. The number of hydrogen-bond donors (Lipinski definition) is 3.